The highest BCUT2D eigenvalue weighted by Crippen LogP contribution is 2.22. The second-order valence-electron chi connectivity index (χ2n) is 7.56. The van der Waals surface area contributed by atoms with Crippen molar-refractivity contribution in [1.29, 1.82) is 0 Å². The lowest BCUT2D eigenvalue weighted by Gasteiger charge is -2.21. The normalized spacial score (nSPS) is 12.3. The molecule has 0 bridgehead atoms. The Hall–Kier alpha value is -3.40. The molecule has 0 aliphatic rings. The van der Waals surface area contributed by atoms with Gasteiger partial charge in [-0.05, 0) is 44.2 Å². The summed E-state index contributed by atoms with van der Waals surface area (Å²) in [6.45, 7) is 3.76. The number of aromatic nitrogens is 2. The third-order valence-electron chi connectivity index (χ3n) is 4.85. The van der Waals surface area contributed by atoms with Gasteiger partial charge in [0.2, 0.25) is 21.7 Å². The van der Waals surface area contributed by atoms with Crippen LogP contribution in [0.25, 0.3) is 11.4 Å². The molecule has 1 amide bonds. The summed E-state index contributed by atoms with van der Waals surface area (Å²) in [5.74, 6) is 0.966. The molecule has 2 aromatic carbocycles. The predicted octanol–water partition coefficient (Wildman–Crippen LogP) is 2.87. The number of carbonyl (C=O) groups excluding carboxylic acids is 1. The molecular formula is C22H26N4O5S. The van der Waals surface area contributed by atoms with Crippen LogP contribution >= 0.6 is 0 Å². The second kappa shape index (κ2) is 9.39. The van der Waals surface area contributed by atoms with Crippen LogP contribution < -0.4 is 9.04 Å². The summed E-state index contributed by atoms with van der Waals surface area (Å²) in [6.07, 6.45) is 0.360. The molecule has 9 nitrogen and oxygen atoms in total. The van der Waals surface area contributed by atoms with Gasteiger partial charge in [-0.3, -0.25) is 9.10 Å². The molecule has 0 spiro atoms. The molecule has 0 saturated carbocycles. The zero-order valence-corrected chi connectivity index (χ0v) is 19.5. The van der Waals surface area contributed by atoms with Crippen molar-refractivity contribution in [2.75, 3.05) is 24.7 Å². The number of sulfonamides is 1. The van der Waals surface area contributed by atoms with E-state index >= 15 is 0 Å². The molecule has 170 valence electrons. The number of anilines is 1. The van der Waals surface area contributed by atoms with E-state index in [9.17, 15) is 13.2 Å². The molecule has 0 radical (unpaired) electrons. The Morgan fingerprint density at radius 2 is 1.84 bits per heavy atom. The van der Waals surface area contributed by atoms with Gasteiger partial charge in [0.05, 0.1) is 18.5 Å². The van der Waals surface area contributed by atoms with Gasteiger partial charge in [-0.2, -0.15) is 4.98 Å². The van der Waals surface area contributed by atoms with E-state index in [0.717, 1.165) is 21.7 Å². The topological polar surface area (TPSA) is 106 Å². The number of carbonyl (C=O) groups is 1. The maximum Gasteiger partial charge on any atom is 0.263 e. The minimum Gasteiger partial charge on any atom is -0.481 e. The van der Waals surface area contributed by atoms with E-state index in [2.05, 4.69) is 10.1 Å². The van der Waals surface area contributed by atoms with Gasteiger partial charge in [0.15, 0.2) is 6.10 Å². The van der Waals surface area contributed by atoms with Crippen molar-refractivity contribution in [3.05, 3.63) is 60.0 Å². The van der Waals surface area contributed by atoms with Gasteiger partial charge < -0.3 is 14.2 Å². The van der Waals surface area contributed by atoms with Gasteiger partial charge in [0.25, 0.3) is 5.91 Å². The molecule has 0 aliphatic carbocycles. The van der Waals surface area contributed by atoms with Crippen molar-refractivity contribution >= 4 is 21.6 Å². The highest BCUT2D eigenvalue weighted by Gasteiger charge is 2.22. The lowest BCUT2D eigenvalue weighted by Crippen LogP contribution is -2.37. The summed E-state index contributed by atoms with van der Waals surface area (Å²) >= 11 is 0. The molecule has 0 N–H and O–H groups in total. The number of likely N-dealkylation sites (N-methyl/N-ethyl adjacent to an activating group) is 1. The van der Waals surface area contributed by atoms with Crippen molar-refractivity contribution in [3.63, 3.8) is 0 Å². The van der Waals surface area contributed by atoms with Crippen LogP contribution in [0.3, 0.4) is 0 Å². The molecule has 3 rings (SSSR count). The van der Waals surface area contributed by atoms with Crippen molar-refractivity contribution in [1.82, 2.24) is 15.0 Å². The van der Waals surface area contributed by atoms with Crippen LogP contribution in [-0.4, -0.2) is 55.8 Å². The quantitative estimate of drug-likeness (QED) is 0.511. The SMILES string of the molecule is Cc1cccc(-c2noc(CN(C)C(=O)[C@H](C)Oc3ccc(N(C)S(C)(=O)=O)cc3)n2)c1. The predicted molar refractivity (Wildman–Crippen MR) is 121 cm³/mol. The van der Waals surface area contributed by atoms with Crippen LogP contribution in [0.2, 0.25) is 0 Å². The standard InChI is InChI=1S/C22H26N4O5S/c1-15-7-6-8-17(13-15)21-23-20(31-24-21)14-25(3)22(27)16(2)30-19-11-9-18(10-12-19)26(4)32(5,28)29/h6-13,16H,14H2,1-5H3/t16-/m0/s1. The summed E-state index contributed by atoms with van der Waals surface area (Å²) in [7, 11) is -0.258. The first-order valence-corrected chi connectivity index (χ1v) is 11.7. The average Bonchev–Trinajstić information content (AvgIpc) is 3.21. The molecule has 0 fully saturated rings. The van der Waals surface area contributed by atoms with Crippen molar-refractivity contribution in [3.8, 4) is 17.1 Å². The van der Waals surface area contributed by atoms with Crippen LogP contribution in [-0.2, 0) is 21.4 Å². The first-order valence-electron chi connectivity index (χ1n) is 9.90. The summed E-state index contributed by atoms with van der Waals surface area (Å²) in [4.78, 5) is 18.5. The summed E-state index contributed by atoms with van der Waals surface area (Å²) < 4.78 is 35.4. The second-order valence-corrected chi connectivity index (χ2v) is 9.57. The number of amides is 1. The Morgan fingerprint density at radius 3 is 2.47 bits per heavy atom. The largest absolute Gasteiger partial charge is 0.481 e. The Bertz CT molecular complexity index is 1190. The molecule has 0 saturated heterocycles. The van der Waals surface area contributed by atoms with E-state index in [-0.39, 0.29) is 12.5 Å². The molecule has 1 aromatic heterocycles. The van der Waals surface area contributed by atoms with Crippen molar-refractivity contribution in [2.24, 2.45) is 0 Å². The Morgan fingerprint density at radius 1 is 1.16 bits per heavy atom. The number of aryl methyl sites for hydroxylation is 1. The first kappa shape index (κ1) is 23.3. The highest BCUT2D eigenvalue weighted by atomic mass is 32.2. The smallest absolute Gasteiger partial charge is 0.263 e. The van der Waals surface area contributed by atoms with Gasteiger partial charge in [0.1, 0.15) is 5.75 Å². The van der Waals surface area contributed by atoms with Crippen molar-refractivity contribution < 1.29 is 22.5 Å². The minimum atomic E-state index is -3.35. The Labute approximate surface area is 187 Å². The van der Waals surface area contributed by atoms with E-state index in [0.29, 0.717) is 23.2 Å². The fraction of sp³-hybridized carbons (Fsp3) is 0.318. The van der Waals surface area contributed by atoms with E-state index in [1.54, 1.807) is 38.2 Å². The molecule has 0 aliphatic heterocycles. The lowest BCUT2D eigenvalue weighted by atomic mass is 10.1. The Balaban J connectivity index is 1.60. The number of hydrogen-bond acceptors (Lipinski definition) is 7. The van der Waals surface area contributed by atoms with E-state index < -0.39 is 16.1 Å². The minimum absolute atomic E-state index is 0.142. The third kappa shape index (κ3) is 5.64. The van der Waals surface area contributed by atoms with Crippen LogP contribution in [0.4, 0.5) is 5.69 Å². The van der Waals surface area contributed by atoms with Crippen LogP contribution in [0.1, 0.15) is 18.4 Å². The zero-order valence-electron chi connectivity index (χ0n) is 18.6. The number of benzene rings is 2. The van der Waals surface area contributed by atoms with E-state index in [4.69, 9.17) is 9.26 Å². The molecule has 1 atom stereocenters. The van der Waals surface area contributed by atoms with Crippen molar-refractivity contribution in [2.45, 2.75) is 26.5 Å². The Kier molecular flexibility index (Phi) is 6.83. The molecule has 1 heterocycles. The number of ether oxygens (including phenoxy) is 1. The maximum atomic E-state index is 12.7. The lowest BCUT2D eigenvalue weighted by molar-refractivity contribution is -0.137. The average molecular weight is 459 g/mol. The van der Waals surface area contributed by atoms with Gasteiger partial charge >= 0.3 is 0 Å². The summed E-state index contributed by atoms with van der Waals surface area (Å²) in [6, 6.07) is 14.2. The molecule has 32 heavy (non-hydrogen) atoms. The van der Waals surface area contributed by atoms with Crippen LogP contribution in [0, 0.1) is 6.92 Å². The van der Waals surface area contributed by atoms with Gasteiger partial charge in [-0.15, -0.1) is 0 Å². The van der Waals surface area contributed by atoms with E-state index in [1.807, 2.05) is 31.2 Å². The molecular weight excluding hydrogens is 432 g/mol. The molecule has 10 heteroatoms. The first-order chi connectivity index (χ1) is 15.0. The molecule has 0 unspecified atom stereocenters. The van der Waals surface area contributed by atoms with E-state index in [1.165, 1.54) is 11.9 Å². The molecule has 3 aromatic rings. The fourth-order valence-electron chi connectivity index (χ4n) is 2.99. The van der Waals surface area contributed by atoms with Gasteiger partial charge in [0, 0.05) is 19.7 Å². The zero-order chi connectivity index (χ0) is 23.5. The van der Waals surface area contributed by atoms with Crippen LogP contribution in [0.5, 0.6) is 5.75 Å². The fourth-order valence-corrected chi connectivity index (χ4v) is 3.50. The monoisotopic (exact) mass is 458 g/mol. The number of hydrogen-bond donors (Lipinski definition) is 0. The summed E-state index contributed by atoms with van der Waals surface area (Å²) in [5.41, 5.74) is 2.43. The summed E-state index contributed by atoms with van der Waals surface area (Å²) in [5, 5.41) is 3.99. The van der Waals surface area contributed by atoms with Gasteiger partial charge in [-0.1, -0.05) is 28.9 Å². The highest BCUT2D eigenvalue weighted by molar-refractivity contribution is 7.92. The third-order valence-corrected chi connectivity index (χ3v) is 6.06. The number of nitrogens with zero attached hydrogens (tertiary/aromatic N) is 4. The van der Waals surface area contributed by atoms with Gasteiger partial charge in [-0.25, -0.2) is 8.42 Å². The van der Waals surface area contributed by atoms with Crippen LogP contribution in [0.15, 0.2) is 53.1 Å². The maximum absolute atomic E-state index is 12.7. The number of rotatable bonds is 8.